The van der Waals surface area contributed by atoms with Crippen LogP contribution in [0.5, 0.6) is 0 Å². The molecule has 1 saturated carbocycles. The Kier molecular flexibility index (Phi) is 6.94. The van der Waals surface area contributed by atoms with Crippen molar-refractivity contribution < 1.29 is 19.4 Å². The van der Waals surface area contributed by atoms with Crippen molar-refractivity contribution in [1.29, 1.82) is 0 Å². The molecule has 0 saturated heterocycles. The summed E-state index contributed by atoms with van der Waals surface area (Å²) in [4.78, 5) is 23.8. The average Bonchev–Trinajstić information content (AvgIpc) is 2.81. The molecule has 2 rings (SSSR count). The standard InChI is InChI=1S/C18H28O4/c19-15(17-16(20)13-22-18(17)21)12-14-10-8-6-4-2-1-3-5-7-9-11-14/h14,20H,1-13H2. The molecule has 4 nitrogen and oxygen atoms in total. The molecule has 0 aromatic heterocycles. The lowest BCUT2D eigenvalue weighted by Crippen LogP contribution is -2.16. The molecule has 0 bridgehead atoms. The number of ketones is 1. The molecule has 1 N–H and O–H groups in total. The Morgan fingerprint density at radius 3 is 1.91 bits per heavy atom. The quantitative estimate of drug-likeness (QED) is 0.626. The average molecular weight is 308 g/mol. The lowest BCUT2D eigenvalue weighted by Gasteiger charge is -2.17. The number of carbonyl (C=O) groups excluding carboxylic acids is 2. The van der Waals surface area contributed by atoms with Gasteiger partial charge in [0, 0.05) is 6.42 Å². The van der Waals surface area contributed by atoms with Gasteiger partial charge in [0.1, 0.15) is 17.9 Å². The molecule has 0 aromatic rings. The predicted octanol–water partition coefficient (Wildman–Crippen LogP) is 4.24. The molecule has 1 fully saturated rings. The number of hydrogen-bond donors (Lipinski definition) is 1. The zero-order valence-electron chi connectivity index (χ0n) is 13.4. The molecule has 0 amide bonds. The lowest BCUT2D eigenvalue weighted by molar-refractivity contribution is -0.137. The van der Waals surface area contributed by atoms with Crippen molar-refractivity contribution in [3.05, 3.63) is 11.3 Å². The summed E-state index contributed by atoms with van der Waals surface area (Å²) in [7, 11) is 0. The molecule has 0 unspecified atom stereocenters. The second-order valence-electron chi connectivity index (χ2n) is 6.65. The second-order valence-corrected chi connectivity index (χ2v) is 6.65. The first-order valence-corrected chi connectivity index (χ1v) is 8.81. The molecule has 124 valence electrons. The highest BCUT2D eigenvalue weighted by atomic mass is 16.5. The van der Waals surface area contributed by atoms with E-state index in [1.807, 2.05) is 0 Å². The third kappa shape index (κ3) is 5.15. The summed E-state index contributed by atoms with van der Waals surface area (Å²) in [6.45, 7) is -0.148. The van der Waals surface area contributed by atoms with E-state index in [0.717, 1.165) is 25.7 Å². The lowest BCUT2D eigenvalue weighted by atomic mass is 9.88. The van der Waals surface area contributed by atoms with E-state index in [1.165, 1.54) is 44.9 Å². The van der Waals surface area contributed by atoms with Gasteiger partial charge in [0.2, 0.25) is 0 Å². The van der Waals surface area contributed by atoms with Gasteiger partial charge in [-0.3, -0.25) is 4.79 Å². The first kappa shape index (κ1) is 17.0. The van der Waals surface area contributed by atoms with E-state index in [1.54, 1.807) is 0 Å². The normalized spacial score (nSPS) is 22.8. The molecule has 0 atom stereocenters. The van der Waals surface area contributed by atoms with Crippen molar-refractivity contribution in [2.45, 2.75) is 77.0 Å². The fourth-order valence-corrected chi connectivity index (χ4v) is 3.49. The number of carbonyl (C=O) groups is 2. The maximum atomic E-state index is 12.3. The molecule has 2 aliphatic rings. The first-order chi connectivity index (χ1) is 10.7. The monoisotopic (exact) mass is 308 g/mol. The number of esters is 1. The van der Waals surface area contributed by atoms with E-state index in [4.69, 9.17) is 4.74 Å². The topological polar surface area (TPSA) is 63.6 Å². The first-order valence-electron chi connectivity index (χ1n) is 8.81. The fourth-order valence-electron chi connectivity index (χ4n) is 3.49. The summed E-state index contributed by atoms with van der Waals surface area (Å²) in [6.07, 6.45) is 13.9. The van der Waals surface area contributed by atoms with Crippen LogP contribution in [-0.4, -0.2) is 23.5 Å². The SMILES string of the molecule is O=C(CC1CCCCCCCCCCC1)C1=C(O)COC1=O. The third-order valence-electron chi connectivity index (χ3n) is 4.81. The third-order valence-corrected chi connectivity index (χ3v) is 4.81. The van der Waals surface area contributed by atoms with Crippen molar-refractivity contribution in [3.63, 3.8) is 0 Å². The molecule has 1 aliphatic carbocycles. The van der Waals surface area contributed by atoms with E-state index in [0.29, 0.717) is 12.3 Å². The number of Topliss-reactive ketones (excluding diaryl/α,β-unsaturated/α-hetero) is 1. The van der Waals surface area contributed by atoms with Crippen LogP contribution in [0.3, 0.4) is 0 Å². The van der Waals surface area contributed by atoms with Gasteiger partial charge < -0.3 is 9.84 Å². The van der Waals surface area contributed by atoms with Gasteiger partial charge in [-0.1, -0.05) is 70.6 Å². The van der Waals surface area contributed by atoms with E-state index in [2.05, 4.69) is 0 Å². The van der Waals surface area contributed by atoms with E-state index in [9.17, 15) is 14.7 Å². The predicted molar refractivity (Wildman–Crippen MR) is 84.5 cm³/mol. The van der Waals surface area contributed by atoms with Crippen LogP contribution in [0, 0.1) is 5.92 Å². The van der Waals surface area contributed by atoms with Crippen molar-refractivity contribution in [3.8, 4) is 0 Å². The summed E-state index contributed by atoms with van der Waals surface area (Å²) in [5.74, 6) is -0.753. The van der Waals surface area contributed by atoms with Gasteiger partial charge in [-0.2, -0.15) is 0 Å². The number of cyclic esters (lactones) is 1. The van der Waals surface area contributed by atoms with Crippen molar-refractivity contribution in [2.75, 3.05) is 6.61 Å². The smallest absolute Gasteiger partial charge is 0.345 e. The van der Waals surface area contributed by atoms with E-state index >= 15 is 0 Å². The van der Waals surface area contributed by atoms with Crippen LogP contribution >= 0.6 is 0 Å². The fraction of sp³-hybridized carbons (Fsp3) is 0.778. The number of ether oxygens (including phenoxy) is 1. The Morgan fingerprint density at radius 1 is 0.955 bits per heavy atom. The molecule has 4 heteroatoms. The summed E-state index contributed by atoms with van der Waals surface area (Å²) in [5.41, 5.74) is -0.105. The van der Waals surface area contributed by atoms with Crippen LogP contribution in [0.4, 0.5) is 0 Å². The molecular formula is C18H28O4. The Morgan fingerprint density at radius 2 is 1.45 bits per heavy atom. The number of aliphatic hydroxyl groups is 1. The molecule has 0 aromatic carbocycles. The maximum Gasteiger partial charge on any atom is 0.345 e. The minimum atomic E-state index is -0.657. The highest BCUT2D eigenvalue weighted by molar-refractivity contribution is 6.18. The van der Waals surface area contributed by atoms with Gasteiger partial charge in [0.05, 0.1) is 0 Å². The zero-order valence-corrected chi connectivity index (χ0v) is 13.4. The van der Waals surface area contributed by atoms with Crippen LogP contribution in [0.25, 0.3) is 0 Å². The molecule has 0 radical (unpaired) electrons. The maximum absolute atomic E-state index is 12.3. The van der Waals surface area contributed by atoms with Crippen molar-refractivity contribution in [1.82, 2.24) is 0 Å². The largest absolute Gasteiger partial charge is 0.508 e. The van der Waals surface area contributed by atoms with Crippen LogP contribution in [0.15, 0.2) is 11.3 Å². The Labute approximate surface area is 132 Å². The van der Waals surface area contributed by atoms with Crippen molar-refractivity contribution in [2.24, 2.45) is 5.92 Å². The molecule has 1 heterocycles. The van der Waals surface area contributed by atoms with Gasteiger partial charge in [-0.15, -0.1) is 0 Å². The van der Waals surface area contributed by atoms with Gasteiger partial charge in [0.25, 0.3) is 0 Å². The van der Waals surface area contributed by atoms with Gasteiger partial charge >= 0.3 is 5.97 Å². The van der Waals surface area contributed by atoms with E-state index < -0.39 is 5.97 Å². The van der Waals surface area contributed by atoms with Crippen LogP contribution in [-0.2, 0) is 14.3 Å². The highest BCUT2D eigenvalue weighted by Crippen LogP contribution is 2.26. The number of rotatable bonds is 3. The zero-order chi connectivity index (χ0) is 15.8. The summed E-state index contributed by atoms with van der Waals surface area (Å²) in [6, 6.07) is 0. The van der Waals surface area contributed by atoms with Crippen LogP contribution < -0.4 is 0 Å². The minimum Gasteiger partial charge on any atom is -0.508 e. The highest BCUT2D eigenvalue weighted by Gasteiger charge is 2.31. The van der Waals surface area contributed by atoms with E-state index in [-0.39, 0.29) is 23.7 Å². The molecular weight excluding hydrogens is 280 g/mol. The van der Waals surface area contributed by atoms with Gasteiger partial charge in [-0.25, -0.2) is 4.79 Å². The number of aliphatic hydroxyl groups excluding tert-OH is 1. The second kappa shape index (κ2) is 8.96. The summed E-state index contributed by atoms with van der Waals surface area (Å²) in [5, 5.41) is 9.62. The summed E-state index contributed by atoms with van der Waals surface area (Å²) < 4.78 is 4.72. The Hall–Kier alpha value is -1.32. The molecule has 1 aliphatic heterocycles. The van der Waals surface area contributed by atoms with Crippen LogP contribution in [0.1, 0.15) is 77.0 Å². The number of hydrogen-bond acceptors (Lipinski definition) is 4. The van der Waals surface area contributed by atoms with Gasteiger partial charge in [0.15, 0.2) is 5.78 Å². The minimum absolute atomic E-state index is 0.105. The van der Waals surface area contributed by atoms with Gasteiger partial charge in [-0.05, 0) is 5.92 Å². The summed E-state index contributed by atoms with van der Waals surface area (Å²) >= 11 is 0. The Balaban J connectivity index is 1.88. The van der Waals surface area contributed by atoms with Crippen LogP contribution in [0.2, 0.25) is 0 Å². The Bertz CT molecular complexity index is 413. The molecule has 0 spiro atoms. The molecule has 22 heavy (non-hydrogen) atoms. The van der Waals surface area contributed by atoms with Crippen molar-refractivity contribution >= 4 is 11.8 Å².